The SMILES string of the molecule is CCCCCC(=O)NCCNC1CCCCCC1. The molecule has 0 bridgehead atoms. The quantitative estimate of drug-likeness (QED) is 0.516. The highest BCUT2D eigenvalue weighted by atomic mass is 16.1. The molecule has 0 saturated heterocycles. The van der Waals surface area contributed by atoms with Crippen molar-refractivity contribution in [2.45, 2.75) is 77.2 Å². The average Bonchev–Trinajstić information content (AvgIpc) is 2.63. The first kappa shape index (κ1) is 15.5. The number of nitrogens with one attached hydrogen (secondary N) is 2. The van der Waals surface area contributed by atoms with Gasteiger partial charge in [0.1, 0.15) is 0 Å². The van der Waals surface area contributed by atoms with Crippen LogP contribution < -0.4 is 10.6 Å². The minimum atomic E-state index is 0.214. The first-order valence-electron chi connectivity index (χ1n) is 7.83. The number of amides is 1. The molecular weight excluding hydrogens is 224 g/mol. The predicted octanol–water partition coefficient (Wildman–Crippen LogP) is 3.00. The Labute approximate surface area is 112 Å². The highest BCUT2D eigenvalue weighted by Gasteiger charge is 2.10. The number of carbonyl (C=O) groups is 1. The number of hydrogen-bond donors (Lipinski definition) is 2. The Bertz CT molecular complexity index is 211. The third-order valence-electron chi connectivity index (χ3n) is 3.74. The highest BCUT2D eigenvalue weighted by molar-refractivity contribution is 5.75. The van der Waals surface area contributed by atoms with E-state index in [1.807, 2.05) is 0 Å². The summed E-state index contributed by atoms with van der Waals surface area (Å²) >= 11 is 0. The zero-order chi connectivity index (χ0) is 13.1. The van der Waals surface area contributed by atoms with Crippen molar-refractivity contribution in [1.82, 2.24) is 10.6 Å². The van der Waals surface area contributed by atoms with Gasteiger partial charge in [0.05, 0.1) is 0 Å². The van der Waals surface area contributed by atoms with Gasteiger partial charge in [-0.05, 0) is 19.3 Å². The van der Waals surface area contributed by atoms with E-state index in [1.54, 1.807) is 0 Å². The lowest BCUT2D eigenvalue weighted by Gasteiger charge is -2.16. The van der Waals surface area contributed by atoms with Crippen LogP contribution in [0.4, 0.5) is 0 Å². The predicted molar refractivity (Wildman–Crippen MR) is 76.6 cm³/mol. The summed E-state index contributed by atoms with van der Waals surface area (Å²) in [6.07, 6.45) is 12.2. The zero-order valence-corrected chi connectivity index (χ0v) is 12.0. The van der Waals surface area contributed by atoms with Crippen LogP contribution in [0.5, 0.6) is 0 Å². The fraction of sp³-hybridized carbons (Fsp3) is 0.933. The summed E-state index contributed by atoms with van der Waals surface area (Å²) in [4.78, 5) is 11.5. The summed E-state index contributed by atoms with van der Waals surface area (Å²) in [5.74, 6) is 0.214. The smallest absolute Gasteiger partial charge is 0.220 e. The van der Waals surface area contributed by atoms with Crippen LogP contribution in [0.15, 0.2) is 0 Å². The molecule has 2 N–H and O–H groups in total. The second-order valence-corrected chi connectivity index (χ2v) is 5.45. The lowest BCUT2D eigenvalue weighted by Crippen LogP contribution is -2.36. The molecule has 0 aromatic rings. The Morgan fingerprint density at radius 2 is 1.78 bits per heavy atom. The number of unbranched alkanes of at least 4 members (excludes halogenated alkanes) is 2. The van der Waals surface area contributed by atoms with Crippen molar-refractivity contribution >= 4 is 5.91 Å². The summed E-state index contributed by atoms with van der Waals surface area (Å²) in [6.45, 7) is 3.86. The van der Waals surface area contributed by atoms with Crippen LogP contribution in [0, 0.1) is 0 Å². The maximum absolute atomic E-state index is 11.5. The third kappa shape index (κ3) is 7.70. The van der Waals surface area contributed by atoms with Gasteiger partial charge in [0.25, 0.3) is 0 Å². The van der Waals surface area contributed by atoms with E-state index in [1.165, 1.54) is 44.9 Å². The van der Waals surface area contributed by atoms with Gasteiger partial charge in [-0.25, -0.2) is 0 Å². The van der Waals surface area contributed by atoms with E-state index >= 15 is 0 Å². The van der Waals surface area contributed by atoms with Gasteiger partial charge in [0, 0.05) is 25.6 Å². The molecule has 0 radical (unpaired) electrons. The van der Waals surface area contributed by atoms with Crippen molar-refractivity contribution in [1.29, 1.82) is 0 Å². The summed E-state index contributed by atoms with van der Waals surface area (Å²) in [7, 11) is 0. The molecule has 0 atom stereocenters. The fourth-order valence-corrected chi connectivity index (χ4v) is 2.59. The Hall–Kier alpha value is -0.570. The van der Waals surface area contributed by atoms with Crippen molar-refractivity contribution in [3.63, 3.8) is 0 Å². The van der Waals surface area contributed by atoms with Gasteiger partial charge in [0.15, 0.2) is 0 Å². The normalized spacial score (nSPS) is 17.4. The molecule has 1 amide bonds. The van der Waals surface area contributed by atoms with Gasteiger partial charge >= 0.3 is 0 Å². The first-order chi connectivity index (χ1) is 8.83. The average molecular weight is 254 g/mol. The molecule has 1 fully saturated rings. The lowest BCUT2D eigenvalue weighted by atomic mass is 10.1. The van der Waals surface area contributed by atoms with Crippen LogP contribution in [0.25, 0.3) is 0 Å². The molecule has 106 valence electrons. The van der Waals surface area contributed by atoms with Crippen molar-refractivity contribution in [2.75, 3.05) is 13.1 Å². The van der Waals surface area contributed by atoms with Crippen LogP contribution in [0.1, 0.15) is 71.1 Å². The molecule has 0 aromatic heterocycles. The Balaban J connectivity index is 1.95. The molecule has 0 unspecified atom stereocenters. The first-order valence-corrected chi connectivity index (χ1v) is 7.83. The van der Waals surface area contributed by atoms with Crippen molar-refractivity contribution in [3.8, 4) is 0 Å². The Morgan fingerprint density at radius 3 is 2.44 bits per heavy atom. The summed E-state index contributed by atoms with van der Waals surface area (Å²) in [6, 6.07) is 0.685. The van der Waals surface area contributed by atoms with Crippen LogP contribution in [-0.2, 0) is 4.79 Å². The summed E-state index contributed by atoms with van der Waals surface area (Å²) in [5, 5.41) is 6.56. The van der Waals surface area contributed by atoms with E-state index in [2.05, 4.69) is 17.6 Å². The molecule has 3 heteroatoms. The molecule has 3 nitrogen and oxygen atoms in total. The minimum absolute atomic E-state index is 0.214. The molecule has 0 spiro atoms. The number of hydrogen-bond acceptors (Lipinski definition) is 2. The second kappa shape index (κ2) is 10.4. The van der Waals surface area contributed by atoms with Crippen molar-refractivity contribution in [3.05, 3.63) is 0 Å². The molecule has 1 rings (SSSR count). The molecule has 0 aliphatic heterocycles. The van der Waals surface area contributed by atoms with Gasteiger partial charge < -0.3 is 10.6 Å². The van der Waals surface area contributed by atoms with Gasteiger partial charge in [-0.15, -0.1) is 0 Å². The zero-order valence-electron chi connectivity index (χ0n) is 12.0. The van der Waals surface area contributed by atoms with E-state index < -0.39 is 0 Å². The molecule has 1 aliphatic rings. The van der Waals surface area contributed by atoms with E-state index in [4.69, 9.17) is 0 Å². The summed E-state index contributed by atoms with van der Waals surface area (Å²) in [5.41, 5.74) is 0. The Kier molecular flexibility index (Phi) is 8.92. The topological polar surface area (TPSA) is 41.1 Å². The molecular formula is C15H30N2O. The largest absolute Gasteiger partial charge is 0.355 e. The molecule has 0 aromatic carbocycles. The van der Waals surface area contributed by atoms with Crippen LogP contribution in [0.2, 0.25) is 0 Å². The maximum atomic E-state index is 11.5. The van der Waals surface area contributed by atoms with Crippen LogP contribution in [-0.4, -0.2) is 25.0 Å². The molecule has 1 saturated carbocycles. The fourth-order valence-electron chi connectivity index (χ4n) is 2.59. The minimum Gasteiger partial charge on any atom is -0.355 e. The number of carbonyl (C=O) groups excluding carboxylic acids is 1. The molecule has 18 heavy (non-hydrogen) atoms. The van der Waals surface area contributed by atoms with Gasteiger partial charge in [-0.1, -0.05) is 45.4 Å². The van der Waals surface area contributed by atoms with E-state index in [9.17, 15) is 4.79 Å². The second-order valence-electron chi connectivity index (χ2n) is 5.45. The van der Waals surface area contributed by atoms with Crippen molar-refractivity contribution in [2.24, 2.45) is 0 Å². The van der Waals surface area contributed by atoms with E-state index in [-0.39, 0.29) is 5.91 Å². The Morgan fingerprint density at radius 1 is 1.06 bits per heavy atom. The van der Waals surface area contributed by atoms with Crippen LogP contribution >= 0.6 is 0 Å². The van der Waals surface area contributed by atoms with Crippen molar-refractivity contribution < 1.29 is 4.79 Å². The maximum Gasteiger partial charge on any atom is 0.220 e. The molecule has 1 aliphatic carbocycles. The lowest BCUT2D eigenvalue weighted by molar-refractivity contribution is -0.121. The van der Waals surface area contributed by atoms with Gasteiger partial charge in [-0.2, -0.15) is 0 Å². The van der Waals surface area contributed by atoms with E-state index in [0.717, 1.165) is 25.9 Å². The van der Waals surface area contributed by atoms with Gasteiger partial charge in [0.2, 0.25) is 5.91 Å². The summed E-state index contributed by atoms with van der Waals surface area (Å²) < 4.78 is 0. The molecule has 0 heterocycles. The highest BCUT2D eigenvalue weighted by Crippen LogP contribution is 2.16. The third-order valence-corrected chi connectivity index (χ3v) is 3.74. The van der Waals surface area contributed by atoms with Crippen LogP contribution in [0.3, 0.4) is 0 Å². The standard InChI is InChI=1S/C15H30N2O/c1-2-3-6-11-15(18)17-13-12-16-14-9-7-4-5-8-10-14/h14,16H,2-13H2,1H3,(H,17,18). The van der Waals surface area contributed by atoms with Gasteiger partial charge in [-0.3, -0.25) is 4.79 Å². The monoisotopic (exact) mass is 254 g/mol. The van der Waals surface area contributed by atoms with E-state index in [0.29, 0.717) is 12.5 Å². The number of rotatable bonds is 8.